The third-order valence-electron chi connectivity index (χ3n) is 5.35. The number of hydrogen-bond donors (Lipinski definition) is 0. The van der Waals surface area contributed by atoms with Gasteiger partial charge in [-0.15, -0.1) is 5.10 Å². The van der Waals surface area contributed by atoms with E-state index in [9.17, 15) is 4.79 Å². The predicted octanol–water partition coefficient (Wildman–Crippen LogP) is 2.84. The summed E-state index contributed by atoms with van der Waals surface area (Å²) in [6.07, 6.45) is 5.40. The van der Waals surface area contributed by atoms with E-state index in [2.05, 4.69) is 25.1 Å². The summed E-state index contributed by atoms with van der Waals surface area (Å²) >= 11 is 6.48. The summed E-state index contributed by atoms with van der Waals surface area (Å²) in [5.74, 6) is 0.869. The van der Waals surface area contributed by atoms with E-state index in [1.54, 1.807) is 12.4 Å². The number of nitrogens with zero attached hydrogens (tertiary/aromatic N) is 6. The van der Waals surface area contributed by atoms with Crippen LogP contribution in [-0.4, -0.2) is 46.2 Å². The zero-order valence-electron chi connectivity index (χ0n) is 16.3. The zero-order valence-corrected chi connectivity index (χ0v) is 17.0. The molecule has 1 aliphatic rings. The second kappa shape index (κ2) is 8.61. The molecule has 0 bridgehead atoms. The lowest BCUT2D eigenvalue weighted by Gasteiger charge is -2.39. The highest BCUT2D eigenvalue weighted by molar-refractivity contribution is 6.33. The zero-order chi connectivity index (χ0) is 20.2. The maximum atomic E-state index is 12.8. The van der Waals surface area contributed by atoms with Crippen LogP contribution < -0.4 is 15.4 Å². The summed E-state index contributed by atoms with van der Waals surface area (Å²) in [4.78, 5) is 17.1. The standard InChI is InChI=1S/C21H23ClN6O/c1-26(17-9-6-12-27(15-17)19-10-5-11-23-25-19)18-13-24-28(21(29)20(18)22)14-16-7-3-2-4-8-16/h2-5,7-8,10-11,13,17H,6,9,12,14-15H2,1H3. The predicted molar refractivity (Wildman–Crippen MR) is 115 cm³/mol. The fourth-order valence-corrected chi connectivity index (χ4v) is 3.99. The van der Waals surface area contributed by atoms with Crippen molar-refractivity contribution in [3.05, 3.63) is 75.8 Å². The number of benzene rings is 1. The molecule has 3 heterocycles. The van der Waals surface area contributed by atoms with Crippen molar-refractivity contribution in [3.8, 4) is 0 Å². The molecule has 4 rings (SSSR count). The van der Waals surface area contributed by atoms with Crippen molar-refractivity contribution in [2.45, 2.75) is 25.4 Å². The van der Waals surface area contributed by atoms with E-state index in [-0.39, 0.29) is 16.6 Å². The molecule has 29 heavy (non-hydrogen) atoms. The van der Waals surface area contributed by atoms with E-state index >= 15 is 0 Å². The van der Waals surface area contributed by atoms with Gasteiger partial charge in [0.25, 0.3) is 5.56 Å². The van der Waals surface area contributed by atoms with Crippen molar-refractivity contribution in [1.29, 1.82) is 0 Å². The molecule has 2 aromatic heterocycles. The van der Waals surface area contributed by atoms with Crippen molar-refractivity contribution in [3.63, 3.8) is 0 Å². The molecule has 0 radical (unpaired) electrons. The second-order valence-corrected chi connectivity index (χ2v) is 7.60. The van der Waals surface area contributed by atoms with Gasteiger partial charge >= 0.3 is 0 Å². The molecule has 3 aromatic rings. The molecule has 150 valence electrons. The fraction of sp³-hybridized carbons (Fsp3) is 0.333. The molecule has 1 unspecified atom stereocenters. The van der Waals surface area contributed by atoms with Gasteiger partial charge in [-0.05, 0) is 30.5 Å². The summed E-state index contributed by atoms with van der Waals surface area (Å²) in [5.41, 5.74) is 1.39. The molecule has 1 saturated heterocycles. The first-order valence-corrected chi connectivity index (χ1v) is 10.1. The molecule has 8 heteroatoms. The Morgan fingerprint density at radius 2 is 2.03 bits per heavy atom. The first kappa shape index (κ1) is 19.4. The lowest BCUT2D eigenvalue weighted by Crippen LogP contribution is -2.47. The second-order valence-electron chi connectivity index (χ2n) is 7.23. The Kier molecular flexibility index (Phi) is 5.76. The summed E-state index contributed by atoms with van der Waals surface area (Å²) in [6, 6.07) is 13.8. The highest BCUT2D eigenvalue weighted by atomic mass is 35.5. The highest BCUT2D eigenvalue weighted by Gasteiger charge is 2.26. The van der Waals surface area contributed by atoms with Crippen LogP contribution in [-0.2, 0) is 6.54 Å². The van der Waals surface area contributed by atoms with E-state index < -0.39 is 0 Å². The lowest BCUT2D eigenvalue weighted by atomic mass is 10.0. The molecule has 1 fully saturated rings. The quantitative estimate of drug-likeness (QED) is 0.644. The Balaban J connectivity index is 1.53. The monoisotopic (exact) mass is 410 g/mol. The van der Waals surface area contributed by atoms with E-state index in [0.29, 0.717) is 12.2 Å². The Labute approximate surface area is 174 Å². The van der Waals surface area contributed by atoms with Gasteiger partial charge < -0.3 is 9.80 Å². The van der Waals surface area contributed by atoms with Crippen LogP contribution in [0.3, 0.4) is 0 Å². The maximum absolute atomic E-state index is 12.8. The third-order valence-corrected chi connectivity index (χ3v) is 5.70. The minimum absolute atomic E-state index is 0.203. The fourth-order valence-electron chi connectivity index (χ4n) is 3.71. The van der Waals surface area contributed by atoms with Crippen molar-refractivity contribution < 1.29 is 0 Å². The van der Waals surface area contributed by atoms with Crippen molar-refractivity contribution >= 4 is 23.1 Å². The number of piperidine rings is 1. The molecule has 0 N–H and O–H groups in total. The van der Waals surface area contributed by atoms with Crippen molar-refractivity contribution in [2.75, 3.05) is 29.9 Å². The largest absolute Gasteiger partial charge is 0.367 e. The van der Waals surface area contributed by atoms with Gasteiger partial charge in [0.1, 0.15) is 5.02 Å². The smallest absolute Gasteiger partial charge is 0.287 e. The highest BCUT2D eigenvalue weighted by Crippen LogP contribution is 2.27. The lowest BCUT2D eigenvalue weighted by molar-refractivity contribution is 0.483. The van der Waals surface area contributed by atoms with Crippen LogP contribution in [0.15, 0.2) is 59.7 Å². The van der Waals surface area contributed by atoms with Crippen LogP contribution in [0.25, 0.3) is 0 Å². The molecule has 7 nitrogen and oxygen atoms in total. The van der Waals surface area contributed by atoms with Gasteiger partial charge in [0.05, 0.1) is 18.4 Å². The number of aromatic nitrogens is 4. The van der Waals surface area contributed by atoms with Gasteiger partial charge in [-0.3, -0.25) is 4.79 Å². The average molecular weight is 411 g/mol. The van der Waals surface area contributed by atoms with Crippen LogP contribution in [0.5, 0.6) is 0 Å². The number of rotatable bonds is 5. The van der Waals surface area contributed by atoms with E-state index in [4.69, 9.17) is 11.6 Å². The third kappa shape index (κ3) is 4.24. The molecular formula is C21H23ClN6O. The Bertz CT molecular complexity index is 1010. The van der Waals surface area contributed by atoms with Gasteiger partial charge in [-0.2, -0.15) is 10.2 Å². The molecule has 0 aliphatic carbocycles. The van der Waals surface area contributed by atoms with Gasteiger partial charge in [-0.1, -0.05) is 41.9 Å². The molecule has 0 amide bonds. The topological polar surface area (TPSA) is 67.2 Å². The number of hydrogen-bond acceptors (Lipinski definition) is 6. The summed E-state index contributed by atoms with van der Waals surface area (Å²) < 4.78 is 1.40. The van der Waals surface area contributed by atoms with Crippen LogP contribution in [0.4, 0.5) is 11.5 Å². The Morgan fingerprint density at radius 1 is 1.21 bits per heavy atom. The molecule has 0 spiro atoms. The Morgan fingerprint density at radius 3 is 2.79 bits per heavy atom. The van der Waals surface area contributed by atoms with Gasteiger partial charge in [-0.25, -0.2) is 4.68 Å². The molecular weight excluding hydrogens is 388 g/mol. The number of anilines is 2. The molecule has 1 aliphatic heterocycles. The molecule has 0 saturated carbocycles. The molecule has 1 aromatic carbocycles. The first-order valence-electron chi connectivity index (χ1n) is 9.68. The molecule has 1 atom stereocenters. The van der Waals surface area contributed by atoms with Crippen LogP contribution in [0, 0.1) is 0 Å². The van der Waals surface area contributed by atoms with Crippen molar-refractivity contribution in [1.82, 2.24) is 20.0 Å². The van der Waals surface area contributed by atoms with E-state index in [0.717, 1.165) is 37.3 Å². The number of likely N-dealkylation sites (N-methyl/N-ethyl adjacent to an activating group) is 1. The minimum Gasteiger partial charge on any atom is -0.367 e. The van der Waals surface area contributed by atoms with Crippen LogP contribution >= 0.6 is 11.6 Å². The van der Waals surface area contributed by atoms with Gasteiger partial charge in [0.2, 0.25) is 0 Å². The van der Waals surface area contributed by atoms with Gasteiger partial charge in [0, 0.05) is 32.4 Å². The minimum atomic E-state index is -0.276. The van der Waals surface area contributed by atoms with E-state index in [1.165, 1.54) is 4.68 Å². The van der Waals surface area contributed by atoms with Gasteiger partial charge in [0.15, 0.2) is 5.82 Å². The van der Waals surface area contributed by atoms with Crippen LogP contribution in [0.1, 0.15) is 18.4 Å². The Hall–Kier alpha value is -2.93. The normalized spacial score (nSPS) is 16.6. The van der Waals surface area contributed by atoms with E-state index in [1.807, 2.05) is 49.5 Å². The average Bonchev–Trinajstić information content (AvgIpc) is 2.78. The number of halogens is 1. The summed E-state index contributed by atoms with van der Waals surface area (Å²) in [5, 5.41) is 12.8. The maximum Gasteiger partial charge on any atom is 0.287 e. The van der Waals surface area contributed by atoms with Crippen molar-refractivity contribution in [2.24, 2.45) is 0 Å². The SMILES string of the molecule is CN(c1cnn(Cc2ccccc2)c(=O)c1Cl)C1CCCN(c2cccnn2)C1. The van der Waals surface area contributed by atoms with Crippen LogP contribution in [0.2, 0.25) is 5.02 Å². The summed E-state index contributed by atoms with van der Waals surface area (Å²) in [6.45, 7) is 2.12. The first-order chi connectivity index (χ1) is 14.1. The summed E-state index contributed by atoms with van der Waals surface area (Å²) in [7, 11) is 1.97.